The number of rotatable bonds is 4. The van der Waals surface area contributed by atoms with Gasteiger partial charge in [0.1, 0.15) is 0 Å². The average Bonchev–Trinajstić information content (AvgIpc) is 2.93. The van der Waals surface area contributed by atoms with Crippen LogP contribution in [0.1, 0.15) is 44.8 Å². The molecule has 112 valence electrons. The van der Waals surface area contributed by atoms with Gasteiger partial charge in [0, 0.05) is 12.6 Å². The van der Waals surface area contributed by atoms with Crippen molar-refractivity contribution in [1.29, 1.82) is 0 Å². The fraction of sp³-hybridized carbons (Fsp3) is 0.667. The van der Waals surface area contributed by atoms with Crippen LogP contribution in [-0.2, 0) is 0 Å². The SMILES string of the molecule is CC1CCC(NC(=O)NCC(O)c2ccsc2)C(C)C1. The molecule has 0 radical (unpaired) electrons. The Bertz CT molecular complexity index is 422. The summed E-state index contributed by atoms with van der Waals surface area (Å²) in [5.41, 5.74) is 0.857. The van der Waals surface area contributed by atoms with Gasteiger partial charge < -0.3 is 15.7 Å². The molecule has 5 heteroatoms. The lowest BCUT2D eigenvalue weighted by molar-refractivity contribution is 0.169. The molecule has 1 heterocycles. The molecule has 2 rings (SSSR count). The Morgan fingerprint density at radius 2 is 2.30 bits per heavy atom. The van der Waals surface area contributed by atoms with Crippen LogP contribution in [0.4, 0.5) is 4.79 Å². The van der Waals surface area contributed by atoms with Crippen molar-refractivity contribution >= 4 is 17.4 Å². The van der Waals surface area contributed by atoms with E-state index in [1.165, 1.54) is 12.8 Å². The van der Waals surface area contributed by atoms with Crippen LogP contribution in [0.3, 0.4) is 0 Å². The van der Waals surface area contributed by atoms with E-state index in [2.05, 4.69) is 24.5 Å². The van der Waals surface area contributed by atoms with Gasteiger partial charge in [-0.15, -0.1) is 0 Å². The smallest absolute Gasteiger partial charge is 0.315 e. The van der Waals surface area contributed by atoms with Gasteiger partial charge in [-0.1, -0.05) is 13.8 Å². The van der Waals surface area contributed by atoms with E-state index in [4.69, 9.17) is 0 Å². The van der Waals surface area contributed by atoms with Crippen molar-refractivity contribution in [2.24, 2.45) is 11.8 Å². The third kappa shape index (κ3) is 4.21. The summed E-state index contributed by atoms with van der Waals surface area (Å²) in [6.07, 6.45) is 2.76. The third-order valence-electron chi connectivity index (χ3n) is 4.13. The molecule has 2 amide bonds. The first kappa shape index (κ1) is 15.3. The average molecular weight is 296 g/mol. The molecule has 4 nitrogen and oxygen atoms in total. The molecule has 1 fully saturated rings. The summed E-state index contributed by atoms with van der Waals surface area (Å²) in [6.45, 7) is 4.71. The number of carbonyl (C=O) groups excluding carboxylic acids is 1. The minimum absolute atomic E-state index is 0.175. The number of carbonyl (C=O) groups is 1. The Hall–Kier alpha value is -1.07. The van der Waals surface area contributed by atoms with Crippen LogP contribution in [0.25, 0.3) is 0 Å². The molecule has 1 aromatic heterocycles. The van der Waals surface area contributed by atoms with E-state index in [9.17, 15) is 9.90 Å². The number of aliphatic hydroxyl groups excluding tert-OH is 1. The normalized spacial score (nSPS) is 27.9. The van der Waals surface area contributed by atoms with E-state index in [1.54, 1.807) is 11.3 Å². The molecule has 0 spiro atoms. The summed E-state index contributed by atoms with van der Waals surface area (Å²) >= 11 is 1.54. The quantitative estimate of drug-likeness (QED) is 0.800. The lowest BCUT2D eigenvalue weighted by atomic mass is 9.80. The van der Waals surface area contributed by atoms with Gasteiger partial charge in [-0.05, 0) is 53.5 Å². The van der Waals surface area contributed by atoms with Crippen molar-refractivity contribution in [3.05, 3.63) is 22.4 Å². The fourth-order valence-electron chi connectivity index (χ4n) is 2.87. The van der Waals surface area contributed by atoms with Crippen LogP contribution in [0.5, 0.6) is 0 Å². The Labute approximate surface area is 124 Å². The van der Waals surface area contributed by atoms with Gasteiger partial charge in [-0.2, -0.15) is 11.3 Å². The zero-order valence-electron chi connectivity index (χ0n) is 12.1. The highest BCUT2D eigenvalue weighted by Crippen LogP contribution is 2.28. The first-order valence-corrected chi connectivity index (χ1v) is 8.25. The molecule has 1 aliphatic carbocycles. The highest BCUT2D eigenvalue weighted by Gasteiger charge is 2.26. The van der Waals surface area contributed by atoms with Crippen LogP contribution in [0, 0.1) is 11.8 Å². The van der Waals surface area contributed by atoms with Gasteiger partial charge >= 0.3 is 6.03 Å². The molecule has 4 unspecified atom stereocenters. The van der Waals surface area contributed by atoms with Gasteiger partial charge in [0.2, 0.25) is 0 Å². The number of hydrogen-bond acceptors (Lipinski definition) is 3. The number of aliphatic hydroxyl groups is 1. The first-order valence-electron chi connectivity index (χ1n) is 7.30. The maximum absolute atomic E-state index is 11.9. The zero-order valence-corrected chi connectivity index (χ0v) is 13.0. The van der Waals surface area contributed by atoms with Crippen molar-refractivity contribution in [2.75, 3.05) is 6.54 Å². The Kier molecular flexibility index (Phi) is 5.43. The van der Waals surface area contributed by atoms with Gasteiger partial charge in [0.15, 0.2) is 0 Å². The van der Waals surface area contributed by atoms with Crippen molar-refractivity contribution in [3.8, 4) is 0 Å². The maximum Gasteiger partial charge on any atom is 0.315 e. The standard InChI is InChI=1S/C15H24N2O2S/c1-10-3-4-13(11(2)7-10)17-15(19)16-8-14(18)12-5-6-20-9-12/h5-6,9-11,13-14,18H,3-4,7-8H2,1-2H3,(H2,16,17,19). The minimum Gasteiger partial charge on any atom is -0.387 e. The largest absolute Gasteiger partial charge is 0.387 e. The monoisotopic (exact) mass is 296 g/mol. The van der Waals surface area contributed by atoms with Crippen LogP contribution in [0.15, 0.2) is 16.8 Å². The molecular formula is C15H24N2O2S. The molecule has 0 aromatic carbocycles. The molecule has 0 aliphatic heterocycles. The molecule has 0 bridgehead atoms. The third-order valence-corrected chi connectivity index (χ3v) is 4.83. The highest BCUT2D eigenvalue weighted by molar-refractivity contribution is 7.07. The Morgan fingerprint density at radius 1 is 1.50 bits per heavy atom. The van der Waals surface area contributed by atoms with Crippen molar-refractivity contribution in [3.63, 3.8) is 0 Å². The van der Waals surface area contributed by atoms with Crippen LogP contribution >= 0.6 is 11.3 Å². The maximum atomic E-state index is 11.9. The van der Waals surface area contributed by atoms with Crippen LogP contribution < -0.4 is 10.6 Å². The Morgan fingerprint density at radius 3 is 2.95 bits per heavy atom. The molecule has 3 N–H and O–H groups in total. The molecule has 4 atom stereocenters. The summed E-state index contributed by atoms with van der Waals surface area (Å²) in [5, 5.41) is 19.5. The number of amides is 2. The van der Waals surface area contributed by atoms with Crippen molar-refractivity contribution in [1.82, 2.24) is 10.6 Å². The second-order valence-corrected chi connectivity index (χ2v) is 6.71. The predicted molar refractivity (Wildman–Crippen MR) is 81.8 cm³/mol. The van der Waals surface area contributed by atoms with Crippen LogP contribution in [-0.4, -0.2) is 23.7 Å². The van der Waals surface area contributed by atoms with Crippen molar-refractivity contribution < 1.29 is 9.90 Å². The number of nitrogens with one attached hydrogen (secondary N) is 2. The second kappa shape index (κ2) is 7.09. The van der Waals surface area contributed by atoms with E-state index in [-0.39, 0.29) is 18.6 Å². The van der Waals surface area contributed by atoms with E-state index in [0.717, 1.165) is 17.9 Å². The molecule has 1 aliphatic rings. The van der Waals surface area contributed by atoms with Crippen molar-refractivity contribution in [2.45, 2.75) is 45.3 Å². The topological polar surface area (TPSA) is 61.4 Å². The number of hydrogen-bond donors (Lipinski definition) is 3. The summed E-state index contributed by atoms with van der Waals surface area (Å²) in [6, 6.07) is 1.95. The van der Waals surface area contributed by atoms with E-state index < -0.39 is 6.10 Å². The molecule has 1 saturated carbocycles. The van der Waals surface area contributed by atoms with Gasteiger partial charge in [-0.25, -0.2) is 4.79 Å². The lowest BCUT2D eigenvalue weighted by Crippen LogP contribution is -2.47. The fourth-order valence-corrected chi connectivity index (χ4v) is 3.58. The minimum atomic E-state index is -0.629. The summed E-state index contributed by atoms with van der Waals surface area (Å²) < 4.78 is 0. The van der Waals surface area contributed by atoms with E-state index in [1.807, 2.05) is 16.8 Å². The first-order chi connectivity index (χ1) is 9.56. The summed E-state index contributed by atoms with van der Waals surface area (Å²) in [5.74, 6) is 1.28. The highest BCUT2D eigenvalue weighted by atomic mass is 32.1. The molecule has 1 aromatic rings. The van der Waals surface area contributed by atoms with Gasteiger partial charge in [0.05, 0.1) is 6.10 Å². The van der Waals surface area contributed by atoms with E-state index >= 15 is 0 Å². The Balaban J connectivity index is 1.73. The zero-order chi connectivity index (χ0) is 14.5. The molecule has 20 heavy (non-hydrogen) atoms. The van der Waals surface area contributed by atoms with Crippen LogP contribution in [0.2, 0.25) is 0 Å². The second-order valence-electron chi connectivity index (χ2n) is 5.93. The summed E-state index contributed by atoms with van der Waals surface area (Å²) in [7, 11) is 0. The number of thiophene rings is 1. The van der Waals surface area contributed by atoms with Gasteiger partial charge in [0.25, 0.3) is 0 Å². The van der Waals surface area contributed by atoms with E-state index in [0.29, 0.717) is 5.92 Å². The predicted octanol–water partition coefficient (Wildman–Crippen LogP) is 2.91. The summed E-state index contributed by atoms with van der Waals surface area (Å²) in [4.78, 5) is 11.9. The molecular weight excluding hydrogens is 272 g/mol. The number of urea groups is 1. The molecule has 0 saturated heterocycles. The van der Waals surface area contributed by atoms with Gasteiger partial charge in [-0.3, -0.25) is 0 Å². The lowest BCUT2D eigenvalue weighted by Gasteiger charge is -2.33.